The number of carbonyl (C=O) groups excluding carboxylic acids is 1. The van der Waals surface area contributed by atoms with Crippen molar-refractivity contribution in [3.63, 3.8) is 0 Å². The van der Waals surface area contributed by atoms with Gasteiger partial charge in [-0.15, -0.1) is 0 Å². The Balaban J connectivity index is 1.99. The van der Waals surface area contributed by atoms with Crippen LogP contribution in [0.1, 0.15) is 37.8 Å². The molecule has 1 aliphatic carbocycles. The lowest BCUT2D eigenvalue weighted by molar-refractivity contribution is -0.143. The Bertz CT molecular complexity index is 525. The Morgan fingerprint density at radius 1 is 1.29 bits per heavy atom. The van der Waals surface area contributed by atoms with E-state index in [4.69, 9.17) is 0 Å². The van der Waals surface area contributed by atoms with E-state index in [0.717, 1.165) is 12.8 Å². The number of fused-ring (bicyclic) bond motifs is 1. The van der Waals surface area contributed by atoms with Crippen LogP contribution in [0.4, 0.5) is 0 Å². The number of carbonyl (C=O) groups is 2. The number of benzene rings is 1. The van der Waals surface area contributed by atoms with Crippen molar-refractivity contribution in [1.82, 2.24) is 5.32 Å². The molecule has 0 saturated heterocycles. The zero-order valence-corrected chi connectivity index (χ0v) is 12.6. The summed E-state index contributed by atoms with van der Waals surface area (Å²) in [6, 6.07) is 7.37. The minimum absolute atomic E-state index is 0.117. The molecule has 0 bridgehead atoms. The van der Waals surface area contributed by atoms with Crippen LogP contribution in [0.5, 0.6) is 0 Å². The average Bonchev–Trinajstić information content (AvgIpc) is 2.45. The first kappa shape index (κ1) is 15.5. The standard InChI is InChI=1S/C17H23NO3/c1-11(2)9-15(17(20)21)18-16(19)14-8-7-12-5-3-4-6-13(12)10-14/h3-6,11,14-15H,7-10H2,1-2H3,(H,18,19)(H,20,21)/t14?,15-/m0/s1. The van der Waals surface area contributed by atoms with Crippen LogP contribution >= 0.6 is 0 Å². The first-order valence-electron chi connectivity index (χ1n) is 7.57. The predicted octanol–water partition coefficient (Wildman–Crippen LogP) is 2.41. The number of aryl methyl sites for hydroxylation is 1. The smallest absolute Gasteiger partial charge is 0.326 e. The van der Waals surface area contributed by atoms with Gasteiger partial charge >= 0.3 is 5.97 Å². The molecule has 21 heavy (non-hydrogen) atoms. The molecule has 1 unspecified atom stereocenters. The third-order valence-electron chi connectivity index (χ3n) is 4.04. The van der Waals surface area contributed by atoms with Crippen molar-refractivity contribution in [2.75, 3.05) is 0 Å². The second-order valence-electron chi connectivity index (χ2n) is 6.24. The highest BCUT2D eigenvalue weighted by Gasteiger charge is 2.28. The fourth-order valence-electron chi connectivity index (χ4n) is 2.90. The number of hydrogen-bond acceptors (Lipinski definition) is 2. The van der Waals surface area contributed by atoms with Gasteiger partial charge in [0.15, 0.2) is 0 Å². The quantitative estimate of drug-likeness (QED) is 0.874. The second kappa shape index (κ2) is 6.74. The van der Waals surface area contributed by atoms with E-state index in [1.165, 1.54) is 11.1 Å². The summed E-state index contributed by atoms with van der Waals surface area (Å²) >= 11 is 0. The monoisotopic (exact) mass is 289 g/mol. The fraction of sp³-hybridized carbons (Fsp3) is 0.529. The first-order valence-corrected chi connectivity index (χ1v) is 7.57. The minimum Gasteiger partial charge on any atom is -0.480 e. The maximum absolute atomic E-state index is 12.3. The zero-order chi connectivity index (χ0) is 15.4. The third-order valence-corrected chi connectivity index (χ3v) is 4.04. The molecule has 0 heterocycles. The second-order valence-corrected chi connectivity index (χ2v) is 6.24. The van der Waals surface area contributed by atoms with E-state index < -0.39 is 12.0 Å². The van der Waals surface area contributed by atoms with Gasteiger partial charge in [-0.1, -0.05) is 38.1 Å². The molecule has 1 aromatic rings. The SMILES string of the molecule is CC(C)C[C@H](NC(=O)C1CCc2ccccc2C1)C(=O)O. The van der Waals surface area contributed by atoms with E-state index in [1.54, 1.807) is 0 Å². The van der Waals surface area contributed by atoms with Crippen molar-refractivity contribution < 1.29 is 14.7 Å². The van der Waals surface area contributed by atoms with Crippen LogP contribution in [0.3, 0.4) is 0 Å². The van der Waals surface area contributed by atoms with E-state index in [1.807, 2.05) is 26.0 Å². The molecule has 0 fully saturated rings. The van der Waals surface area contributed by atoms with Crippen LogP contribution in [0.2, 0.25) is 0 Å². The molecule has 4 nitrogen and oxygen atoms in total. The summed E-state index contributed by atoms with van der Waals surface area (Å²) in [6.07, 6.45) is 2.84. The van der Waals surface area contributed by atoms with Gasteiger partial charge < -0.3 is 10.4 Å². The van der Waals surface area contributed by atoms with E-state index in [9.17, 15) is 14.7 Å². The summed E-state index contributed by atoms with van der Waals surface area (Å²) in [5.41, 5.74) is 2.51. The molecular weight excluding hydrogens is 266 g/mol. The van der Waals surface area contributed by atoms with Crippen molar-refractivity contribution >= 4 is 11.9 Å². The van der Waals surface area contributed by atoms with Crippen molar-refractivity contribution in [1.29, 1.82) is 0 Å². The van der Waals surface area contributed by atoms with Crippen LogP contribution in [0.25, 0.3) is 0 Å². The van der Waals surface area contributed by atoms with Gasteiger partial charge in [-0.2, -0.15) is 0 Å². The molecule has 1 amide bonds. The van der Waals surface area contributed by atoms with Crippen LogP contribution in [0.15, 0.2) is 24.3 Å². The van der Waals surface area contributed by atoms with Crippen molar-refractivity contribution in [3.8, 4) is 0 Å². The van der Waals surface area contributed by atoms with Gasteiger partial charge in [0.25, 0.3) is 0 Å². The lowest BCUT2D eigenvalue weighted by Crippen LogP contribution is -2.45. The first-order chi connectivity index (χ1) is 9.97. The number of aliphatic carboxylic acids is 1. The van der Waals surface area contributed by atoms with Crippen LogP contribution < -0.4 is 5.32 Å². The highest BCUT2D eigenvalue weighted by molar-refractivity contribution is 5.85. The van der Waals surface area contributed by atoms with Gasteiger partial charge in [0, 0.05) is 5.92 Å². The molecule has 1 aliphatic rings. The average molecular weight is 289 g/mol. The Hall–Kier alpha value is -1.84. The van der Waals surface area contributed by atoms with Gasteiger partial charge in [-0.05, 0) is 42.7 Å². The molecule has 1 aromatic carbocycles. The van der Waals surface area contributed by atoms with E-state index in [-0.39, 0.29) is 17.7 Å². The molecule has 0 radical (unpaired) electrons. The molecule has 2 atom stereocenters. The Morgan fingerprint density at radius 2 is 1.95 bits per heavy atom. The topological polar surface area (TPSA) is 66.4 Å². The molecule has 0 aromatic heterocycles. The summed E-state index contributed by atoms with van der Waals surface area (Å²) in [4.78, 5) is 23.6. The van der Waals surface area contributed by atoms with Crippen molar-refractivity contribution in [2.45, 2.75) is 45.6 Å². The third kappa shape index (κ3) is 4.06. The maximum Gasteiger partial charge on any atom is 0.326 e. The number of amides is 1. The highest BCUT2D eigenvalue weighted by Crippen LogP contribution is 2.25. The van der Waals surface area contributed by atoms with Gasteiger partial charge in [0.05, 0.1) is 0 Å². The molecule has 2 N–H and O–H groups in total. The lowest BCUT2D eigenvalue weighted by Gasteiger charge is -2.25. The van der Waals surface area contributed by atoms with Crippen LogP contribution in [-0.4, -0.2) is 23.0 Å². The molecule has 2 rings (SSSR count). The number of hydrogen-bond donors (Lipinski definition) is 2. The minimum atomic E-state index is -0.951. The largest absolute Gasteiger partial charge is 0.480 e. The van der Waals surface area contributed by atoms with Gasteiger partial charge in [0.1, 0.15) is 6.04 Å². The molecule has 4 heteroatoms. The zero-order valence-electron chi connectivity index (χ0n) is 12.6. The number of carboxylic acids is 1. The molecule has 0 saturated carbocycles. The Labute approximate surface area is 125 Å². The summed E-state index contributed by atoms with van der Waals surface area (Å²) in [5, 5.41) is 11.9. The van der Waals surface area contributed by atoms with E-state index in [2.05, 4.69) is 17.4 Å². The molecule has 114 valence electrons. The van der Waals surface area contributed by atoms with Crippen LogP contribution in [-0.2, 0) is 22.4 Å². The predicted molar refractivity (Wildman–Crippen MR) is 81.0 cm³/mol. The van der Waals surface area contributed by atoms with Crippen LogP contribution in [0, 0.1) is 11.8 Å². The number of carboxylic acid groups (broad SMARTS) is 1. The number of nitrogens with one attached hydrogen (secondary N) is 1. The van der Waals surface area contributed by atoms with Crippen molar-refractivity contribution in [3.05, 3.63) is 35.4 Å². The summed E-state index contributed by atoms with van der Waals surface area (Å²) in [7, 11) is 0. The molecular formula is C17H23NO3. The molecule has 0 aliphatic heterocycles. The van der Waals surface area contributed by atoms with E-state index in [0.29, 0.717) is 12.8 Å². The Kier molecular flexibility index (Phi) is 4.99. The molecule has 0 spiro atoms. The number of rotatable bonds is 5. The van der Waals surface area contributed by atoms with Crippen molar-refractivity contribution in [2.24, 2.45) is 11.8 Å². The van der Waals surface area contributed by atoms with Gasteiger partial charge in [0.2, 0.25) is 5.91 Å². The normalized spacial score (nSPS) is 18.9. The maximum atomic E-state index is 12.3. The fourth-order valence-corrected chi connectivity index (χ4v) is 2.90. The van der Waals surface area contributed by atoms with Gasteiger partial charge in [-0.25, -0.2) is 4.79 Å². The van der Waals surface area contributed by atoms with E-state index >= 15 is 0 Å². The summed E-state index contributed by atoms with van der Waals surface area (Å²) < 4.78 is 0. The summed E-state index contributed by atoms with van der Waals surface area (Å²) in [6.45, 7) is 3.91. The highest BCUT2D eigenvalue weighted by atomic mass is 16.4. The Morgan fingerprint density at radius 3 is 2.57 bits per heavy atom. The lowest BCUT2D eigenvalue weighted by atomic mass is 9.83. The van der Waals surface area contributed by atoms with Gasteiger partial charge in [-0.3, -0.25) is 4.79 Å². The summed E-state index contributed by atoms with van der Waals surface area (Å²) in [5.74, 6) is -0.960.